The Hall–Kier alpha value is -1.11. The number of rotatable bonds is 1. The van der Waals surface area contributed by atoms with Gasteiger partial charge in [0.05, 0.1) is 6.20 Å². The van der Waals surface area contributed by atoms with E-state index in [-0.39, 0.29) is 0 Å². The number of hydrogen-bond donors (Lipinski definition) is 0. The fourth-order valence-corrected chi connectivity index (χ4v) is 0.611. The van der Waals surface area contributed by atoms with Crippen molar-refractivity contribution in [3.8, 4) is 0 Å². The van der Waals surface area contributed by atoms with E-state index in [0.717, 1.165) is 5.56 Å². The van der Waals surface area contributed by atoms with Gasteiger partial charge in [-0.25, -0.2) is 0 Å². The summed E-state index contributed by atoms with van der Waals surface area (Å²) in [7, 11) is 0. The molecule has 0 unspecified atom stereocenters. The molecule has 0 aliphatic rings. The summed E-state index contributed by atoms with van der Waals surface area (Å²) in [6.45, 7) is 1.97. The molecule has 1 heterocycles. The van der Waals surface area contributed by atoms with Crippen LogP contribution < -0.4 is 0 Å². The predicted octanol–water partition coefficient (Wildman–Crippen LogP) is 1.91. The summed E-state index contributed by atoms with van der Waals surface area (Å²) in [5, 5.41) is 0. The molecule has 0 atom stereocenters. The Morgan fingerprint density at radius 3 is 3.11 bits per heavy atom. The van der Waals surface area contributed by atoms with Crippen molar-refractivity contribution >= 4 is 6.08 Å². The van der Waals surface area contributed by atoms with E-state index in [1.807, 2.05) is 31.2 Å². The van der Waals surface area contributed by atoms with E-state index in [0.29, 0.717) is 0 Å². The summed E-state index contributed by atoms with van der Waals surface area (Å²) in [6.07, 6.45) is 8.48. The van der Waals surface area contributed by atoms with Gasteiger partial charge in [0.1, 0.15) is 0 Å². The Bertz CT molecular complexity index is 189. The summed E-state index contributed by atoms with van der Waals surface area (Å²) in [5.41, 5.74) is 1.03. The molecule has 9 heavy (non-hydrogen) atoms. The van der Waals surface area contributed by atoms with Crippen LogP contribution in [0.4, 0.5) is 0 Å². The molecule has 0 N–H and O–H groups in total. The van der Waals surface area contributed by atoms with Crippen molar-refractivity contribution in [2.75, 3.05) is 0 Å². The van der Waals surface area contributed by atoms with Crippen LogP contribution in [0, 0.1) is 6.20 Å². The predicted molar refractivity (Wildman–Crippen MR) is 37.8 cm³/mol. The topological polar surface area (TPSA) is 12.9 Å². The van der Waals surface area contributed by atoms with E-state index in [9.17, 15) is 0 Å². The van der Waals surface area contributed by atoms with Gasteiger partial charge in [0, 0.05) is 11.8 Å². The lowest BCUT2D eigenvalue weighted by atomic mass is 10.3. The number of nitrogens with zero attached hydrogens (tertiary/aromatic N) is 1. The molecule has 0 saturated carbocycles. The van der Waals surface area contributed by atoms with Crippen LogP contribution in [0.1, 0.15) is 12.5 Å². The highest BCUT2D eigenvalue weighted by molar-refractivity contribution is 5.45. The van der Waals surface area contributed by atoms with Crippen LogP contribution in [0.15, 0.2) is 24.4 Å². The van der Waals surface area contributed by atoms with Gasteiger partial charge in [0.2, 0.25) is 0 Å². The second-order valence-electron chi connectivity index (χ2n) is 1.70. The van der Waals surface area contributed by atoms with E-state index in [4.69, 9.17) is 0 Å². The first-order chi connectivity index (χ1) is 4.43. The van der Waals surface area contributed by atoms with Gasteiger partial charge < -0.3 is 0 Å². The summed E-state index contributed by atoms with van der Waals surface area (Å²) >= 11 is 0. The molecule has 1 aromatic rings. The molecule has 0 amide bonds. The first kappa shape index (κ1) is 6.02. The van der Waals surface area contributed by atoms with Gasteiger partial charge in [0.15, 0.2) is 0 Å². The lowest BCUT2D eigenvalue weighted by molar-refractivity contribution is 1.30. The van der Waals surface area contributed by atoms with E-state index >= 15 is 0 Å². The molecule has 45 valence electrons. The van der Waals surface area contributed by atoms with Gasteiger partial charge in [0.25, 0.3) is 0 Å². The number of aromatic nitrogens is 1. The van der Waals surface area contributed by atoms with Crippen LogP contribution in [0.5, 0.6) is 0 Å². The zero-order valence-electron chi connectivity index (χ0n) is 5.33. The lowest BCUT2D eigenvalue weighted by Crippen LogP contribution is -1.72. The Morgan fingerprint density at radius 1 is 1.67 bits per heavy atom. The molecule has 1 aromatic heterocycles. The SMILES string of the molecule is C/C=C\c1[c]nccc1. The summed E-state index contributed by atoms with van der Waals surface area (Å²) < 4.78 is 0. The van der Waals surface area contributed by atoms with Crippen LogP contribution in [0.25, 0.3) is 6.08 Å². The van der Waals surface area contributed by atoms with Gasteiger partial charge >= 0.3 is 0 Å². The first-order valence-electron chi connectivity index (χ1n) is 2.89. The Labute approximate surface area is 55.1 Å². The fraction of sp³-hybridized carbons (Fsp3) is 0.125. The number of allylic oxidation sites excluding steroid dienone is 1. The van der Waals surface area contributed by atoms with Crippen molar-refractivity contribution in [2.24, 2.45) is 0 Å². The molecule has 0 aromatic carbocycles. The minimum atomic E-state index is 1.03. The van der Waals surface area contributed by atoms with Gasteiger partial charge in [-0.15, -0.1) is 0 Å². The lowest BCUT2D eigenvalue weighted by Gasteiger charge is -1.85. The molecular formula is C8H8N. The van der Waals surface area contributed by atoms with E-state index in [1.54, 1.807) is 6.20 Å². The maximum atomic E-state index is 3.83. The smallest absolute Gasteiger partial charge is 0.0964 e. The number of hydrogen-bond acceptors (Lipinski definition) is 1. The monoisotopic (exact) mass is 118 g/mol. The van der Waals surface area contributed by atoms with Crippen LogP contribution in [0.3, 0.4) is 0 Å². The molecule has 0 aliphatic carbocycles. The zero-order valence-corrected chi connectivity index (χ0v) is 5.33. The molecule has 0 fully saturated rings. The Morgan fingerprint density at radius 2 is 2.56 bits per heavy atom. The molecule has 1 heteroatoms. The maximum absolute atomic E-state index is 3.83. The highest BCUT2D eigenvalue weighted by Gasteiger charge is 1.80. The van der Waals surface area contributed by atoms with E-state index < -0.39 is 0 Å². The van der Waals surface area contributed by atoms with E-state index in [2.05, 4.69) is 11.2 Å². The Balaban J connectivity index is 2.85. The quantitative estimate of drug-likeness (QED) is 0.549. The molecular weight excluding hydrogens is 110 g/mol. The Kier molecular flexibility index (Phi) is 2.02. The highest BCUT2D eigenvalue weighted by atomic mass is 14.6. The second-order valence-corrected chi connectivity index (χ2v) is 1.70. The highest BCUT2D eigenvalue weighted by Crippen LogP contribution is 1.95. The van der Waals surface area contributed by atoms with Crippen molar-refractivity contribution in [3.63, 3.8) is 0 Å². The standard InChI is InChI=1S/C8H8N/c1-2-4-8-5-3-6-9-7-8/h2-6H,1H3/b4-2-. The van der Waals surface area contributed by atoms with Crippen molar-refractivity contribution in [3.05, 3.63) is 36.2 Å². The van der Waals surface area contributed by atoms with Crippen LogP contribution >= 0.6 is 0 Å². The average Bonchev–Trinajstić information content (AvgIpc) is 1.91. The third kappa shape index (κ3) is 1.68. The van der Waals surface area contributed by atoms with Gasteiger partial charge in [-0.1, -0.05) is 18.2 Å². The summed E-state index contributed by atoms with van der Waals surface area (Å²) in [5.74, 6) is 0. The molecule has 0 bridgehead atoms. The average molecular weight is 118 g/mol. The molecule has 1 radical (unpaired) electrons. The molecule has 0 saturated heterocycles. The zero-order chi connectivity index (χ0) is 6.53. The van der Waals surface area contributed by atoms with Crippen molar-refractivity contribution < 1.29 is 0 Å². The molecule has 0 aliphatic heterocycles. The van der Waals surface area contributed by atoms with Crippen molar-refractivity contribution in [1.29, 1.82) is 0 Å². The normalized spacial score (nSPS) is 10.3. The third-order valence-electron chi connectivity index (χ3n) is 0.976. The van der Waals surface area contributed by atoms with Gasteiger partial charge in [-0.3, -0.25) is 4.98 Å². The minimum absolute atomic E-state index is 1.03. The van der Waals surface area contributed by atoms with Crippen LogP contribution in [-0.4, -0.2) is 4.98 Å². The van der Waals surface area contributed by atoms with Crippen molar-refractivity contribution in [1.82, 2.24) is 4.98 Å². The second kappa shape index (κ2) is 3.02. The van der Waals surface area contributed by atoms with Crippen LogP contribution in [0.2, 0.25) is 0 Å². The van der Waals surface area contributed by atoms with Crippen molar-refractivity contribution in [2.45, 2.75) is 6.92 Å². The van der Waals surface area contributed by atoms with Crippen LogP contribution in [-0.2, 0) is 0 Å². The van der Waals surface area contributed by atoms with E-state index in [1.165, 1.54) is 0 Å². The molecule has 0 spiro atoms. The fourth-order valence-electron chi connectivity index (χ4n) is 0.611. The summed E-state index contributed by atoms with van der Waals surface area (Å²) in [4.78, 5) is 3.83. The largest absolute Gasteiger partial charge is 0.254 e. The summed E-state index contributed by atoms with van der Waals surface area (Å²) in [6, 6.07) is 3.86. The van der Waals surface area contributed by atoms with Gasteiger partial charge in [-0.05, 0) is 13.0 Å². The molecule has 1 rings (SSSR count). The first-order valence-corrected chi connectivity index (χ1v) is 2.89. The maximum Gasteiger partial charge on any atom is 0.0964 e. The third-order valence-corrected chi connectivity index (χ3v) is 0.976. The number of pyridine rings is 1. The van der Waals surface area contributed by atoms with Gasteiger partial charge in [-0.2, -0.15) is 0 Å². The molecule has 1 nitrogen and oxygen atoms in total. The minimum Gasteiger partial charge on any atom is -0.254 e.